The van der Waals surface area contributed by atoms with Gasteiger partial charge in [0.1, 0.15) is 17.7 Å². The first kappa shape index (κ1) is 12.0. The van der Waals surface area contributed by atoms with Gasteiger partial charge in [0.2, 0.25) is 0 Å². The van der Waals surface area contributed by atoms with Crippen LogP contribution in [0.3, 0.4) is 0 Å². The molecule has 104 valence electrons. The average molecular weight is 271 g/mol. The molecule has 0 saturated heterocycles. The van der Waals surface area contributed by atoms with Gasteiger partial charge in [-0.15, -0.1) is 6.42 Å². The van der Waals surface area contributed by atoms with Crippen molar-refractivity contribution in [1.29, 1.82) is 0 Å². The number of H-pyrrole nitrogens is 2. The van der Waals surface area contributed by atoms with E-state index in [0.717, 1.165) is 22.3 Å². The van der Waals surface area contributed by atoms with Crippen molar-refractivity contribution in [2.24, 2.45) is 0 Å². The number of hydrogen-bond donors (Lipinski definition) is 3. The van der Waals surface area contributed by atoms with Gasteiger partial charge in [-0.2, -0.15) is 0 Å². The number of aromatic amines is 2. The Hall–Kier alpha value is -3.07. The molecule has 0 aliphatic carbocycles. The van der Waals surface area contributed by atoms with Crippen molar-refractivity contribution in [3.63, 3.8) is 0 Å². The SMILES string of the molecule is C#CCNC(=O)c1cc(-c2ncnc3[nH]ccc23)c[nH]1.[HH].[HH].[HH]. The molecule has 3 aromatic heterocycles. The molecule has 3 rings (SSSR count). The maximum absolute atomic E-state index is 11.8. The zero-order chi connectivity index (χ0) is 13.9. The molecule has 3 N–H and O–H groups in total. The number of nitrogens with zero attached hydrogens (tertiary/aromatic N) is 2. The summed E-state index contributed by atoms with van der Waals surface area (Å²) in [6.07, 6.45) is 10.1. The van der Waals surface area contributed by atoms with E-state index in [-0.39, 0.29) is 16.7 Å². The van der Waals surface area contributed by atoms with Crippen molar-refractivity contribution in [3.8, 4) is 23.6 Å². The Morgan fingerprint density at radius 2 is 2.35 bits per heavy atom. The number of amides is 1. The fourth-order valence-corrected chi connectivity index (χ4v) is 1.99. The summed E-state index contributed by atoms with van der Waals surface area (Å²) in [6, 6.07) is 3.64. The lowest BCUT2D eigenvalue weighted by atomic mass is 10.1. The summed E-state index contributed by atoms with van der Waals surface area (Å²) < 4.78 is 0. The van der Waals surface area contributed by atoms with Gasteiger partial charge in [0.05, 0.1) is 12.2 Å². The first-order valence-corrected chi connectivity index (χ1v) is 5.98. The average Bonchev–Trinajstić information content (AvgIpc) is 3.12. The van der Waals surface area contributed by atoms with E-state index in [4.69, 9.17) is 6.42 Å². The van der Waals surface area contributed by atoms with Crippen molar-refractivity contribution in [1.82, 2.24) is 25.3 Å². The van der Waals surface area contributed by atoms with E-state index in [2.05, 4.69) is 31.2 Å². The predicted octanol–water partition coefficient (Wildman–Crippen LogP) is 2.05. The summed E-state index contributed by atoms with van der Waals surface area (Å²) in [4.78, 5) is 26.1. The van der Waals surface area contributed by atoms with Crippen molar-refractivity contribution < 1.29 is 9.07 Å². The van der Waals surface area contributed by atoms with Crippen LogP contribution in [0.5, 0.6) is 0 Å². The Kier molecular flexibility index (Phi) is 2.94. The quantitative estimate of drug-likeness (QED) is 0.637. The molecule has 0 bridgehead atoms. The van der Waals surface area contributed by atoms with Gasteiger partial charge in [-0.1, -0.05) is 5.92 Å². The molecule has 3 heterocycles. The third-order valence-electron chi connectivity index (χ3n) is 2.91. The number of nitrogens with one attached hydrogen (secondary N) is 3. The van der Waals surface area contributed by atoms with Crippen LogP contribution in [0.4, 0.5) is 0 Å². The summed E-state index contributed by atoms with van der Waals surface area (Å²) in [5.41, 5.74) is 2.79. The van der Waals surface area contributed by atoms with Crippen LogP contribution >= 0.6 is 0 Å². The molecular weight excluding hydrogens is 254 g/mol. The highest BCUT2D eigenvalue weighted by Gasteiger charge is 2.12. The summed E-state index contributed by atoms with van der Waals surface area (Å²) in [6.45, 7) is 0.197. The van der Waals surface area contributed by atoms with Crippen LogP contribution in [-0.2, 0) is 0 Å². The number of carbonyl (C=O) groups excluding carboxylic acids is 1. The molecule has 3 aromatic rings. The van der Waals surface area contributed by atoms with Gasteiger partial charge in [-0.3, -0.25) is 4.79 Å². The molecule has 1 amide bonds. The predicted molar refractivity (Wildman–Crippen MR) is 81.2 cm³/mol. The molecule has 20 heavy (non-hydrogen) atoms. The molecule has 0 fully saturated rings. The van der Waals surface area contributed by atoms with Crippen LogP contribution in [0.2, 0.25) is 0 Å². The number of aromatic nitrogens is 4. The maximum Gasteiger partial charge on any atom is 0.268 e. The Labute approximate surface area is 119 Å². The van der Waals surface area contributed by atoms with Gasteiger partial charge < -0.3 is 15.3 Å². The van der Waals surface area contributed by atoms with E-state index in [1.165, 1.54) is 6.33 Å². The molecule has 6 heteroatoms. The molecule has 0 aliphatic rings. The smallest absolute Gasteiger partial charge is 0.268 e. The first-order chi connectivity index (χ1) is 9.79. The van der Waals surface area contributed by atoms with Gasteiger partial charge in [0.15, 0.2) is 0 Å². The first-order valence-electron chi connectivity index (χ1n) is 5.98. The number of terminal acetylenes is 1. The molecule has 0 aliphatic heterocycles. The summed E-state index contributed by atoms with van der Waals surface area (Å²) in [5, 5.41) is 3.51. The second-order valence-electron chi connectivity index (χ2n) is 4.15. The second kappa shape index (κ2) is 4.90. The van der Waals surface area contributed by atoms with Crippen molar-refractivity contribution in [2.45, 2.75) is 0 Å². The third kappa shape index (κ3) is 2.01. The van der Waals surface area contributed by atoms with Crippen molar-refractivity contribution in [3.05, 3.63) is 36.5 Å². The highest BCUT2D eigenvalue weighted by molar-refractivity contribution is 5.96. The second-order valence-corrected chi connectivity index (χ2v) is 4.15. The highest BCUT2D eigenvalue weighted by atomic mass is 16.1. The summed E-state index contributed by atoms with van der Waals surface area (Å²) >= 11 is 0. The minimum absolute atomic E-state index is 0. The highest BCUT2D eigenvalue weighted by Crippen LogP contribution is 2.25. The summed E-state index contributed by atoms with van der Waals surface area (Å²) in [7, 11) is 0. The Morgan fingerprint density at radius 1 is 1.45 bits per heavy atom. The van der Waals surface area contributed by atoms with Gasteiger partial charge in [0.25, 0.3) is 5.91 Å². The van der Waals surface area contributed by atoms with E-state index in [1.807, 2.05) is 6.07 Å². The van der Waals surface area contributed by atoms with E-state index >= 15 is 0 Å². The van der Waals surface area contributed by atoms with Gasteiger partial charge >= 0.3 is 0 Å². The third-order valence-corrected chi connectivity index (χ3v) is 2.91. The lowest BCUT2D eigenvalue weighted by Crippen LogP contribution is -2.23. The van der Waals surface area contributed by atoms with E-state index in [1.54, 1.807) is 18.5 Å². The van der Waals surface area contributed by atoms with Crippen molar-refractivity contribution >= 4 is 16.9 Å². The van der Waals surface area contributed by atoms with E-state index < -0.39 is 0 Å². The zero-order valence-electron chi connectivity index (χ0n) is 10.5. The van der Waals surface area contributed by atoms with Crippen LogP contribution < -0.4 is 5.32 Å². The standard InChI is InChI=1S/C14H11N5O.3H2/c1-2-4-16-14(20)11-6-9(7-17-11)12-10-3-5-15-13(10)19-8-18-12;;;/h1,3,5-8,17H,4H2,(H,16,20)(H,15,18,19);3*1H. The number of carbonyl (C=O) groups is 1. The number of fused-ring (bicyclic) bond motifs is 1. The molecule has 0 unspecified atom stereocenters. The molecule has 0 spiro atoms. The minimum atomic E-state index is -0.242. The number of hydrogen-bond acceptors (Lipinski definition) is 3. The number of rotatable bonds is 3. The van der Waals surface area contributed by atoms with E-state index in [9.17, 15) is 4.79 Å². The zero-order valence-corrected chi connectivity index (χ0v) is 10.5. The monoisotopic (exact) mass is 271 g/mol. The minimum Gasteiger partial charge on any atom is -0.357 e. The molecule has 6 nitrogen and oxygen atoms in total. The molecule has 0 radical (unpaired) electrons. The molecule has 0 aromatic carbocycles. The topological polar surface area (TPSA) is 86.5 Å². The van der Waals surface area contributed by atoms with E-state index in [0.29, 0.717) is 5.69 Å². The van der Waals surface area contributed by atoms with Crippen LogP contribution in [0.15, 0.2) is 30.9 Å². The van der Waals surface area contributed by atoms with Gasteiger partial charge in [-0.25, -0.2) is 9.97 Å². The lowest BCUT2D eigenvalue weighted by Gasteiger charge is -1.98. The van der Waals surface area contributed by atoms with Crippen LogP contribution in [0, 0.1) is 12.3 Å². The summed E-state index contributed by atoms with van der Waals surface area (Å²) in [5.74, 6) is 2.11. The maximum atomic E-state index is 11.8. The van der Waals surface area contributed by atoms with Gasteiger partial charge in [0, 0.05) is 27.6 Å². The largest absolute Gasteiger partial charge is 0.357 e. The fraction of sp³-hybridized carbons (Fsp3) is 0.0714. The lowest BCUT2D eigenvalue weighted by molar-refractivity contribution is 0.0954. The molecular formula is C14H17N5O. The molecule has 0 saturated carbocycles. The fourth-order valence-electron chi connectivity index (χ4n) is 1.99. The molecule has 0 atom stereocenters. The van der Waals surface area contributed by atoms with Crippen molar-refractivity contribution in [2.75, 3.05) is 6.54 Å². The van der Waals surface area contributed by atoms with Crippen LogP contribution in [0.1, 0.15) is 14.8 Å². The Morgan fingerprint density at radius 3 is 3.20 bits per heavy atom. The van der Waals surface area contributed by atoms with Crippen LogP contribution in [-0.4, -0.2) is 32.4 Å². The Bertz CT molecular complexity index is 821. The van der Waals surface area contributed by atoms with Gasteiger partial charge in [-0.05, 0) is 12.1 Å². The van der Waals surface area contributed by atoms with Crippen LogP contribution in [0.25, 0.3) is 22.3 Å². The normalized spacial score (nSPS) is 10.3. The Balaban J connectivity index is 0.00000161.